The van der Waals surface area contributed by atoms with Crippen molar-refractivity contribution in [2.45, 2.75) is 0 Å². The standard InChI is InChI=1S/C8H6N6S/c9-5-3-4(13-14-5)7-12-6-8(15-7)11-2-1-10-6/h1-3H,(H3,9,13,14). The van der Waals surface area contributed by atoms with Gasteiger partial charge in [-0.05, 0) is 0 Å². The lowest BCUT2D eigenvalue weighted by Gasteiger charge is -1.83. The van der Waals surface area contributed by atoms with Gasteiger partial charge in [0, 0.05) is 18.5 Å². The van der Waals surface area contributed by atoms with Crippen molar-refractivity contribution in [2.75, 3.05) is 5.73 Å². The highest BCUT2D eigenvalue weighted by Crippen LogP contribution is 2.26. The fourth-order valence-electron chi connectivity index (χ4n) is 1.24. The first-order valence-electron chi connectivity index (χ1n) is 4.22. The van der Waals surface area contributed by atoms with E-state index >= 15 is 0 Å². The summed E-state index contributed by atoms with van der Waals surface area (Å²) in [6, 6.07) is 1.73. The van der Waals surface area contributed by atoms with Crippen LogP contribution in [0.15, 0.2) is 18.5 Å². The number of aromatic amines is 1. The first-order valence-corrected chi connectivity index (χ1v) is 5.03. The monoisotopic (exact) mass is 218 g/mol. The molecule has 74 valence electrons. The first kappa shape index (κ1) is 8.30. The second-order valence-electron chi connectivity index (χ2n) is 2.91. The van der Waals surface area contributed by atoms with Gasteiger partial charge in [-0.25, -0.2) is 15.0 Å². The largest absolute Gasteiger partial charge is 0.382 e. The Balaban J connectivity index is 2.19. The molecule has 15 heavy (non-hydrogen) atoms. The zero-order valence-corrected chi connectivity index (χ0v) is 8.32. The van der Waals surface area contributed by atoms with E-state index in [-0.39, 0.29) is 0 Å². The zero-order chi connectivity index (χ0) is 10.3. The van der Waals surface area contributed by atoms with Crippen LogP contribution in [0.25, 0.3) is 21.2 Å². The predicted molar refractivity (Wildman–Crippen MR) is 57.2 cm³/mol. The molecule has 0 radical (unpaired) electrons. The number of hydrogen-bond acceptors (Lipinski definition) is 6. The van der Waals surface area contributed by atoms with E-state index in [1.165, 1.54) is 11.3 Å². The molecule has 0 atom stereocenters. The Labute approximate surface area is 88.2 Å². The average Bonchev–Trinajstić information content (AvgIpc) is 2.82. The Kier molecular flexibility index (Phi) is 1.65. The third-order valence-corrected chi connectivity index (χ3v) is 2.86. The summed E-state index contributed by atoms with van der Waals surface area (Å²) < 4.78 is 0. The van der Waals surface area contributed by atoms with Crippen LogP contribution in [0.3, 0.4) is 0 Å². The average molecular weight is 218 g/mol. The molecular weight excluding hydrogens is 212 g/mol. The van der Waals surface area contributed by atoms with Crippen LogP contribution >= 0.6 is 11.3 Å². The van der Waals surface area contributed by atoms with E-state index in [1.54, 1.807) is 18.5 Å². The van der Waals surface area contributed by atoms with E-state index in [9.17, 15) is 0 Å². The van der Waals surface area contributed by atoms with Gasteiger partial charge in [0.1, 0.15) is 10.8 Å². The summed E-state index contributed by atoms with van der Waals surface area (Å²) in [6.07, 6.45) is 3.26. The SMILES string of the molecule is Nc1cc(-c2nc3nccnc3s2)[nH]n1. The summed E-state index contributed by atoms with van der Waals surface area (Å²) >= 11 is 1.45. The number of nitrogen functional groups attached to an aromatic ring is 1. The number of H-pyrrole nitrogens is 1. The number of hydrogen-bond donors (Lipinski definition) is 2. The van der Waals surface area contributed by atoms with Gasteiger partial charge in [-0.1, -0.05) is 11.3 Å². The van der Waals surface area contributed by atoms with Crippen LogP contribution in [0.4, 0.5) is 5.82 Å². The van der Waals surface area contributed by atoms with Crippen molar-refractivity contribution in [3.05, 3.63) is 18.5 Å². The maximum Gasteiger partial charge on any atom is 0.190 e. The Hall–Kier alpha value is -2.02. The molecule has 3 rings (SSSR count). The Morgan fingerprint density at radius 1 is 1.27 bits per heavy atom. The molecule has 0 fully saturated rings. The van der Waals surface area contributed by atoms with Gasteiger partial charge in [-0.15, -0.1) is 0 Å². The van der Waals surface area contributed by atoms with Crippen molar-refractivity contribution in [1.82, 2.24) is 25.1 Å². The number of thiazole rings is 1. The number of nitrogens with two attached hydrogens (primary N) is 1. The third kappa shape index (κ3) is 1.33. The van der Waals surface area contributed by atoms with Gasteiger partial charge in [0.15, 0.2) is 10.5 Å². The van der Waals surface area contributed by atoms with E-state index in [2.05, 4.69) is 25.1 Å². The van der Waals surface area contributed by atoms with Crippen molar-refractivity contribution in [3.8, 4) is 10.7 Å². The molecule has 0 aliphatic carbocycles. The number of aromatic nitrogens is 5. The normalized spacial score (nSPS) is 10.9. The van der Waals surface area contributed by atoms with Crippen LogP contribution in [0.5, 0.6) is 0 Å². The summed E-state index contributed by atoms with van der Waals surface area (Å²) in [7, 11) is 0. The van der Waals surface area contributed by atoms with E-state index < -0.39 is 0 Å². The minimum Gasteiger partial charge on any atom is -0.382 e. The van der Waals surface area contributed by atoms with Crippen molar-refractivity contribution in [1.29, 1.82) is 0 Å². The molecule has 0 spiro atoms. The Morgan fingerprint density at radius 3 is 2.87 bits per heavy atom. The number of rotatable bonds is 1. The molecule has 3 aromatic rings. The molecule has 7 heteroatoms. The Bertz CT molecular complexity index is 579. The van der Waals surface area contributed by atoms with Crippen LogP contribution in [0.1, 0.15) is 0 Å². The zero-order valence-electron chi connectivity index (χ0n) is 7.51. The quantitative estimate of drug-likeness (QED) is 0.637. The molecule has 3 N–H and O–H groups in total. The fourth-order valence-corrected chi connectivity index (χ4v) is 2.07. The summed E-state index contributed by atoms with van der Waals surface area (Å²) in [5.41, 5.74) is 6.95. The first-order chi connectivity index (χ1) is 7.33. The van der Waals surface area contributed by atoms with Gasteiger partial charge in [0.05, 0.1) is 5.69 Å². The van der Waals surface area contributed by atoms with E-state index in [1.807, 2.05) is 0 Å². The van der Waals surface area contributed by atoms with Gasteiger partial charge in [-0.3, -0.25) is 5.10 Å². The van der Waals surface area contributed by atoms with Gasteiger partial charge in [0.2, 0.25) is 0 Å². The van der Waals surface area contributed by atoms with Gasteiger partial charge < -0.3 is 5.73 Å². The van der Waals surface area contributed by atoms with Crippen molar-refractivity contribution in [3.63, 3.8) is 0 Å². The lowest BCUT2D eigenvalue weighted by Crippen LogP contribution is -1.81. The maximum atomic E-state index is 5.51. The molecule has 0 bridgehead atoms. The molecule has 0 amide bonds. The van der Waals surface area contributed by atoms with Gasteiger partial charge >= 0.3 is 0 Å². The second-order valence-corrected chi connectivity index (χ2v) is 3.89. The molecule has 3 heterocycles. The van der Waals surface area contributed by atoms with E-state index in [4.69, 9.17) is 5.73 Å². The topological polar surface area (TPSA) is 93.4 Å². The highest BCUT2D eigenvalue weighted by Gasteiger charge is 2.09. The number of anilines is 1. The predicted octanol–water partition coefficient (Wildman–Crippen LogP) is 1.06. The molecule has 0 unspecified atom stereocenters. The molecule has 0 aliphatic rings. The summed E-state index contributed by atoms with van der Waals surface area (Å²) in [5.74, 6) is 0.449. The van der Waals surface area contributed by atoms with Crippen molar-refractivity contribution in [2.24, 2.45) is 0 Å². The second kappa shape index (κ2) is 2.99. The van der Waals surface area contributed by atoms with E-state index in [0.717, 1.165) is 15.5 Å². The minimum atomic E-state index is 0.449. The van der Waals surface area contributed by atoms with Crippen LogP contribution in [0.2, 0.25) is 0 Å². The van der Waals surface area contributed by atoms with Crippen LogP contribution in [-0.4, -0.2) is 25.1 Å². The van der Waals surface area contributed by atoms with Gasteiger partial charge in [0.25, 0.3) is 0 Å². The lowest BCUT2D eigenvalue weighted by molar-refractivity contribution is 1.10. The van der Waals surface area contributed by atoms with Crippen molar-refractivity contribution >= 4 is 27.6 Å². The smallest absolute Gasteiger partial charge is 0.190 e. The number of nitrogens with zero attached hydrogens (tertiary/aromatic N) is 4. The highest BCUT2D eigenvalue weighted by molar-refractivity contribution is 7.21. The maximum absolute atomic E-state index is 5.51. The molecule has 0 saturated carbocycles. The summed E-state index contributed by atoms with van der Waals surface area (Å²) in [5, 5.41) is 7.43. The van der Waals surface area contributed by atoms with Crippen molar-refractivity contribution < 1.29 is 0 Å². The number of nitrogens with one attached hydrogen (secondary N) is 1. The summed E-state index contributed by atoms with van der Waals surface area (Å²) in [4.78, 5) is 13.4. The third-order valence-electron chi connectivity index (χ3n) is 1.88. The molecule has 6 nitrogen and oxygen atoms in total. The van der Waals surface area contributed by atoms with Crippen LogP contribution in [0, 0.1) is 0 Å². The summed E-state index contributed by atoms with van der Waals surface area (Å²) in [6.45, 7) is 0. The lowest BCUT2D eigenvalue weighted by atomic mass is 10.4. The molecule has 0 aliphatic heterocycles. The highest BCUT2D eigenvalue weighted by atomic mass is 32.1. The fraction of sp³-hybridized carbons (Fsp3) is 0. The molecule has 3 aromatic heterocycles. The molecular formula is C8H6N6S. The minimum absolute atomic E-state index is 0.449. The van der Waals surface area contributed by atoms with Gasteiger partial charge in [-0.2, -0.15) is 5.10 Å². The Morgan fingerprint density at radius 2 is 2.13 bits per heavy atom. The van der Waals surface area contributed by atoms with Crippen LogP contribution < -0.4 is 5.73 Å². The molecule has 0 saturated heterocycles. The van der Waals surface area contributed by atoms with Crippen LogP contribution in [-0.2, 0) is 0 Å². The van der Waals surface area contributed by atoms with E-state index in [0.29, 0.717) is 11.5 Å². The molecule has 0 aromatic carbocycles. The number of fused-ring (bicyclic) bond motifs is 1.